The molecule has 0 saturated carbocycles. The van der Waals surface area contributed by atoms with Crippen LogP contribution in [0.5, 0.6) is 0 Å². The molecule has 0 aliphatic heterocycles. The Morgan fingerprint density at radius 1 is 0.971 bits per heavy atom. The van der Waals surface area contributed by atoms with Gasteiger partial charge in [0.05, 0.1) is 6.54 Å². The van der Waals surface area contributed by atoms with Gasteiger partial charge in [-0.2, -0.15) is 0 Å². The molecular weight excluding hydrogens is 440 g/mol. The Kier molecular flexibility index (Phi) is 7.44. The van der Waals surface area contributed by atoms with E-state index < -0.39 is 29.5 Å². The lowest BCUT2D eigenvalue weighted by Gasteiger charge is -2.16. The zero-order valence-electron chi connectivity index (χ0n) is 20.0. The Bertz CT molecular complexity index is 1320. The number of carbonyl (C=O) groups excluding carboxylic acids is 2. The summed E-state index contributed by atoms with van der Waals surface area (Å²) in [6.45, 7) is 9.02. The van der Waals surface area contributed by atoms with Gasteiger partial charge in [0.2, 0.25) is 11.8 Å². The minimum absolute atomic E-state index is 0.0230. The van der Waals surface area contributed by atoms with Crippen LogP contribution in [0.25, 0.3) is 21.9 Å². The zero-order valence-corrected chi connectivity index (χ0v) is 20.0. The molecule has 3 N–H and O–H groups in total. The summed E-state index contributed by atoms with van der Waals surface area (Å²) in [4.78, 5) is 48.2. The molecule has 34 heavy (non-hydrogen) atoms. The van der Waals surface area contributed by atoms with E-state index in [1.165, 1.54) is 0 Å². The molecule has 1 aromatic carbocycles. The fourth-order valence-corrected chi connectivity index (χ4v) is 3.96. The third-order valence-electron chi connectivity index (χ3n) is 5.97. The molecule has 0 saturated heterocycles. The van der Waals surface area contributed by atoms with Gasteiger partial charge in [0.25, 0.3) is 0 Å². The lowest BCUT2D eigenvalue weighted by Crippen LogP contribution is -2.46. The maximum absolute atomic E-state index is 12.6. The molecule has 0 spiro atoms. The molecule has 1 unspecified atom stereocenters. The van der Waals surface area contributed by atoms with Gasteiger partial charge in [0.1, 0.15) is 23.0 Å². The van der Waals surface area contributed by atoms with Gasteiger partial charge in [-0.05, 0) is 56.7 Å². The first kappa shape index (κ1) is 25.0. The smallest absolute Gasteiger partial charge is 0.339 e. The third-order valence-corrected chi connectivity index (χ3v) is 5.97. The van der Waals surface area contributed by atoms with Crippen molar-refractivity contribution in [3.63, 3.8) is 0 Å². The topological polar surface area (TPSA) is 139 Å². The van der Waals surface area contributed by atoms with E-state index in [2.05, 4.69) is 10.6 Å². The summed E-state index contributed by atoms with van der Waals surface area (Å²) in [5, 5.41) is 15.8. The molecule has 1 atom stereocenters. The molecule has 2 aromatic heterocycles. The molecule has 0 bridgehead atoms. The lowest BCUT2D eigenvalue weighted by atomic mass is 10.0. The number of hydrogen-bond donors (Lipinski definition) is 3. The summed E-state index contributed by atoms with van der Waals surface area (Å²) in [7, 11) is 0. The van der Waals surface area contributed by atoms with Gasteiger partial charge in [-0.15, -0.1) is 0 Å². The Balaban J connectivity index is 1.66. The number of aliphatic carboxylic acids is 1. The minimum atomic E-state index is -1.12. The normalized spacial score (nSPS) is 12.3. The Morgan fingerprint density at radius 3 is 2.26 bits per heavy atom. The molecule has 0 aliphatic rings. The van der Waals surface area contributed by atoms with E-state index >= 15 is 0 Å². The van der Waals surface area contributed by atoms with E-state index in [9.17, 15) is 24.3 Å². The molecular formula is C25H30N2O7. The maximum Gasteiger partial charge on any atom is 0.339 e. The van der Waals surface area contributed by atoms with Crippen LogP contribution >= 0.6 is 0 Å². The number of nitrogens with one attached hydrogen (secondary N) is 2. The molecule has 3 rings (SSSR count). The number of fused-ring (bicyclic) bond motifs is 2. The molecule has 2 heterocycles. The van der Waals surface area contributed by atoms with Crippen LogP contribution in [0.3, 0.4) is 0 Å². The van der Waals surface area contributed by atoms with Crippen LogP contribution in [0.4, 0.5) is 0 Å². The number of carboxylic acid groups (broad SMARTS) is 1. The number of amides is 2. The fourth-order valence-electron chi connectivity index (χ4n) is 3.96. The van der Waals surface area contributed by atoms with Crippen LogP contribution in [0, 0.1) is 26.7 Å². The summed E-state index contributed by atoms with van der Waals surface area (Å²) >= 11 is 0. The number of benzene rings is 1. The summed E-state index contributed by atoms with van der Waals surface area (Å²) < 4.78 is 11.2. The average molecular weight is 471 g/mol. The third kappa shape index (κ3) is 5.47. The summed E-state index contributed by atoms with van der Waals surface area (Å²) in [5.74, 6) is -1.25. The Labute approximate surface area is 196 Å². The van der Waals surface area contributed by atoms with Crippen molar-refractivity contribution in [2.24, 2.45) is 5.92 Å². The Hall–Kier alpha value is -3.62. The standard InChI is InChI=1S/C25H30N2O7/c1-12(2)8-19(24(30)31)27-23(29)11-26-22(28)7-6-16-14(4)18-9-17-13(3)15(5)33-20(17)10-21(18)34-25(16)32/h9-10,12,19H,6-8,11H2,1-5H3,(H,26,28)(H,27,29)(H,30,31). The largest absolute Gasteiger partial charge is 0.480 e. The van der Waals surface area contributed by atoms with Crippen LogP contribution in [0.2, 0.25) is 0 Å². The van der Waals surface area contributed by atoms with E-state index in [1.807, 2.05) is 40.7 Å². The maximum atomic E-state index is 12.6. The van der Waals surface area contributed by atoms with E-state index in [4.69, 9.17) is 8.83 Å². The summed E-state index contributed by atoms with van der Waals surface area (Å²) in [5.41, 5.74) is 2.69. The second kappa shape index (κ2) is 10.1. The highest BCUT2D eigenvalue weighted by Gasteiger charge is 2.21. The van der Waals surface area contributed by atoms with Crippen LogP contribution in [-0.2, 0) is 20.8 Å². The quantitative estimate of drug-likeness (QED) is 0.408. The summed E-state index contributed by atoms with van der Waals surface area (Å²) in [6, 6.07) is 2.62. The predicted octanol–water partition coefficient (Wildman–Crippen LogP) is 3.13. The first-order chi connectivity index (χ1) is 16.0. The highest BCUT2D eigenvalue weighted by atomic mass is 16.4. The van der Waals surface area contributed by atoms with Gasteiger partial charge in [-0.25, -0.2) is 9.59 Å². The average Bonchev–Trinajstić information content (AvgIpc) is 3.02. The van der Waals surface area contributed by atoms with Crippen LogP contribution in [0.1, 0.15) is 49.1 Å². The molecule has 9 nitrogen and oxygen atoms in total. The van der Waals surface area contributed by atoms with Crippen molar-refractivity contribution in [2.45, 2.75) is 59.9 Å². The summed E-state index contributed by atoms with van der Waals surface area (Å²) in [6.07, 6.45) is 0.408. The molecule has 0 radical (unpaired) electrons. The van der Waals surface area contributed by atoms with Crippen molar-refractivity contribution in [1.29, 1.82) is 0 Å². The van der Waals surface area contributed by atoms with Crippen LogP contribution in [0.15, 0.2) is 25.8 Å². The van der Waals surface area contributed by atoms with Gasteiger partial charge in [0, 0.05) is 28.8 Å². The first-order valence-electron chi connectivity index (χ1n) is 11.2. The second-order valence-corrected chi connectivity index (χ2v) is 8.99. The molecule has 0 aliphatic carbocycles. The van der Waals surface area contributed by atoms with Gasteiger partial charge < -0.3 is 24.6 Å². The molecule has 2 amide bonds. The van der Waals surface area contributed by atoms with Gasteiger partial charge in [-0.3, -0.25) is 9.59 Å². The first-order valence-corrected chi connectivity index (χ1v) is 11.2. The zero-order chi connectivity index (χ0) is 25.2. The van der Waals surface area contributed by atoms with E-state index in [0.717, 1.165) is 27.7 Å². The van der Waals surface area contributed by atoms with Gasteiger partial charge in [0.15, 0.2) is 0 Å². The fraction of sp³-hybridized carbons (Fsp3) is 0.440. The van der Waals surface area contributed by atoms with Gasteiger partial charge >= 0.3 is 11.6 Å². The highest BCUT2D eigenvalue weighted by Crippen LogP contribution is 2.31. The highest BCUT2D eigenvalue weighted by molar-refractivity contribution is 5.97. The molecule has 0 fully saturated rings. The van der Waals surface area contributed by atoms with Crippen molar-refractivity contribution >= 4 is 39.7 Å². The monoisotopic (exact) mass is 470 g/mol. The number of furan rings is 1. The second-order valence-electron chi connectivity index (χ2n) is 8.99. The van der Waals surface area contributed by atoms with Crippen LogP contribution in [-0.4, -0.2) is 35.5 Å². The lowest BCUT2D eigenvalue weighted by molar-refractivity contribution is -0.142. The number of carbonyl (C=O) groups is 3. The van der Waals surface area contributed by atoms with Crippen LogP contribution < -0.4 is 16.3 Å². The van der Waals surface area contributed by atoms with Crippen molar-refractivity contribution in [3.05, 3.63) is 45.0 Å². The van der Waals surface area contributed by atoms with E-state index in [0.29, 0.717) is 16.7 Å². The van der Waals surface area contributed by atoms with Crippen molar-refractivity contribution in [2.75, 3.05) is 6.54 Å². The number of carboxylic acids is 1. The van der Waals surface area contributed by atoms with E-state index in [-0.39, 0.29) is 31.7 Å². The van der Waals surface area contributed by atoms with Crippen molar-refractivity contribution < 1.29 is 28.3 Å². The minimum Gasteiger partial charge on any atom is -0.480 e. The SMILES string of the molecule is Cc1oc2cc3oc(=O)c(CCC(=O)NCC(=O)NC(CC(C)C)C(=O)O)c(C)c3cc2c1C. The van der Waals surface area contributed by atoms with Crippen molar-refractivity contribution in [1.82, 2.24) is 10.6 Å². The number of rotatable bonds is 9. The van der Waals surface area contributed by atoms with Gasteiger partial charge in [-0.1, -0.05) is 13.8 Å². The predicted molar refractivity (Wildman–Crippen MR) is 127 cm³/mol. The Morgan fingerprint density at radius 2 is 1.62 bits per heavy atom. The molecule has 3 aromatic rings. The van der Waals surface area contributed by atoms with E-state index in [1.54, 1.807) is 6.07 Å². The molecule has 9 heteroatoms. The molecule has 182 valence electrons. The number of hydrogen-bond acceptors (Lipinski definition) is 6. The number of aryl methyl sites for hydroxylation is 3. The van der Waals surface area contributed by atoms with Crippen molar-refractivity contribution in [3.8, 4) is 0 Å².